The lowest BCUT2D eigenvalue weighted by molar-refractivity contribution is 0.0532. The molecule has 5 heteroatoms. The van der Waals surface area contributed by atoms with Crippen LogP contribution in [0, 0.1) is 0 Å². The summed E-state index contributed by atoms with van der Waals surface area (Å²) in [4.78, 5) is 13.8. The van der Waals surface area contributed by atoms with Crippen LogP contribution in [0.3, 0.4) is 0 Å². The van der Waals surface area contributed by atoms with Crippen LogP contribution in [0.1, 0.15) is 22.2 Å². The maximum Gasteiger partial charge on any atom is 0.348 e. The van der Waals surface area contributed by atoms with Crippen molar-refractivity contribution < 1.29 is 9.53 Å². The molecule has 0 radical (unpaired) electrons. The van der Waals surface area contributed by atoms with Crippen LogP contribution in [0.2, 0.25) is 0 Å². The summed E-state index contributed by atoms with van der Waals surface area (Å²) in [6, 6.07) is 10.2. The first-order chi connectivity index (χ1) is 9.70. The Bertz CT molecular complexity index is 653. The van der Waals surface area contributed by atoms with Crippen LogP contribution in [-0.4, -0.2) is 19.1 Å². The lowest BCUT2D eigenvalue weighted by Gasteiger charge is -2.15. The van der Waals surface area contributed by atoms with E-state index in [9.17, 15) is 4.79 Å². The topological polar surface area (TPSA) is 29.5 Å². The molecule has 0 aliphatic carbocycles. The van der Waals surface area contributed by atoms with Gasteiger partial charge in [-0.2, -0.15) is 0 Å². The van der Waals surface area contributed by atoms with Crippen molar-refractivity contribution in [2.75, 3.05) is 17.1 Å². The van der Waals surface area contributed by atoms with Crippen molar-refractivity contribution in [1.82, 2.24) is 0 Å². The summed E-state index contributed by atoms with van der Waals surface area (Å²) in [5, 5.41) is 0. The zero-order valence-corrected chi connectivity index (χ0v) is 13.5. The molecule has 1 aromatic heterocycles. The molecule has 3 nitrogen and oxygen atoms in total. The molecule has 0 N–H and O–H groups in total. The van der Waals surface area contributed by atoms with Gasteiger partial charge in [0.05, 0.1) is 12.3 Å². The Kier molecular flexibility index (Phi) is 3.81. The van der Waals surface area contributed by atoms with Crippen molar-refractivity contribution in [3.8, 4) is 10.4 Å². The molecule has 1 aliphatic heterocycles. The number of halogens is 1. The first kappa shape index (κ1) is 13.6. The predicted molar refractivity (Wildman–Crippen MR) is 85.7 cm³/mol. The number of ether oxygens (including phenoxy) is 1. The van der Waals surface area contributed by atoms with Crippen molar-refractivity contribution in [1.29, 1.82) is 0 Å². The second-order valence-corrected chi connectivity index (χ2v) is 6.45. The van der Waals surface area contributed by atoms with Crippen LogP contribution in [-0.2, 0) is 11.2 Å². The van der Waals surface area contributed by atoms with Gasteiger partial charge in [0, 0.05) is 33.1 Å². The van der Waals surface area contributed by atoms with Crippen molar-refractivity contribution in [3.05, 3.63) is 40.8 Å². The van der Waals surface area contributed by atoms with Crippen molar-refractivity contribution in [3.63, 3.8) is 0 Å². The van der Waals surface area contributed by atoms with E-state index in [-0.39, 0.29) is 5.97 Å². The molecule has 0 saturated heterocycles. The first-order valence-corrected chi connectivity index (χ1v) is 8.06. The number of hydrogen-bond donors (Lipinski definition) is 0. The smallest absolute Gasteiger partial charge is 0.348 e. The summed E-state index contributed by atoms with van der Waals surface area (Å²) in [5.41, 5.74) is 3.52. The van der Waals surface area contributed by atoms with Gasteiger partial charge in [0.15, 0.2) is 0 Å². The van der Waals surface area contributed by atoms with Crippen LogP contribution in [0.5, 0.6) is 0 Å². The molecule has 0 spiro atoms. The Labute approximate surface area is 130 Å². The molecular formula is C15H14BrNO2S. The number of para-hydroxylation sites is 1. The predicted octanol–water partition coefficient (Wildman–Crippen LogP) is 4.26. The van der Waals surface area contributed by atoms with Gasteiger partial charge in [-0.15, -0.1) is 11.3 Å². The third kappa shape index (κ3) is 2.36. The SMILES string of the molecule is CCOC(=O)c1cc2c(s1)-c1ccccc1N(Br)CC2. The number of rotatable bonds is 2. The largest absolute Gasteiger partial charge is 0.462 e. The highest BCUT2D eigenvalue weighted by atomic mass is 79.9. The lowest BCUT2D eigenvalue weighted by Crippen LogP contribution is -2.11. The van der Waals surface area contributed by atoms with Gasteiger partial charge < -0.3 is 8.66 Å². The standard InChI is InChI=1S/C15H14BrNO2S/c1-2-19-15(18)13-9-10-7-8-17(16)12-6-4-3-5-11(12)14(10)20-13/h3-6,9H,2,7-8H2,1H3. The van der Waals surface area contributed by atoms with Crippen LogP contribution in [0.15, 0.2) is 30.3 Å². The highest BCUT2D eigenvalue weighted by Crippen LogP contribution is 2.42. The summed E-state index contributed by atoms with van der Waals surface area (Å²) in [6.07, 6.45) is 0.908. The van der Waals surface area contributed by atoms with E-state index in [1.165, 1.54) is 21.8 Å². The Hall–Kier alpha value is -1.33. The number of nitrogens with zero attached hydrogens (tertiary/aromatic N) is 1. The average Bonchev–Trinajstić information content (AvgIpc) is 2.84. The maximum absolute atomic E-state index is 11.9. The summed E-state index contributed by atoms with van der Waals surface area (Å²) in [5.74, 6) is -0.223. The fraction of sp³-hybridized carbons (Fsp3) is 0.267. The Balaban J connectivity index is 2.09. The third-order valence-electron chi connectivity index (χ3n) is 3.27. The molecule has 0 unspecified atom stereocenters. The van der Waals surface area contributed by atoms with Crippen LogP contribution >= 0.6 is 27.5 Å². The lowest BCUT2D eigenvalue weighted by atomic mass is 10.1. The van der Waals surface area contributed by atoms with E-state index in [0.29, 0.717) is 11.5 Å². The second-order valence-electron chi connectivity index (χ2n) is 4.54. The number of hydrogen-bond acceptors (Lipinski definition) is 4. The summed E-state index contributed by atoms with van der Waals surface area (Å²) in [6.45, 7) is 3.12. The Morgan fingerprint density at radius 1 is 1.45 bits per heavy atom. The summed E-state index contributed by atoms with van der Waals surface area (Å²) < 4.78 is 7.18. The fourth-order valence-corrected chi connectivity index (χ4v) is 3.99. The number of carbonyl (C=O) groups excluding carboxylic acids is 1. The molecule has 20 heavy (non-hydrogen) atoms. The maximum atomic E-state index is 11.9. The molecule has 0 saturated carbocycles. The highest BCUT2D eigenvalue weighted by molar-refractivity contribution is 9.10. The van der Waals surface area contributed by atoms with Gasteiger partial charge in [-0.3, -0.25) is 0 Å². The van der Waals surface area contributed by atoms with Gasteiger partial charge in [-0.25, -0.2) is 4.79 Å². The third-order valence-corrected chi connectivity index (χ3v) is 5.20. The minimum Gasteiger partial charge on any atom is -0.462 e. The average molecular weight is 352 g/mol. The van der Waals surface area contributed by atoms with Crippen LogP contribution < -0.4 is 3.93 Å². The van der Waals surface area contributed by atoms with E-state index in [2.05, 4.69) is 32.2 Å². The van der Waals surface area contributed by atoms with Crippen LogP contribution in [0.25, 0.3) is 10.4 Å². The molecule has 0 bridgehead atoms. The van der Waals surface area contributed by atoms with Gasteiger partial charge in [-0.05, 0) is 31.0 Å². The zero-order chi connectivity index (χ0) is 14.1. The number of benzene rings is 1. The molecule has 1 aliphatic rings. The molecule has 3 rings (SSSR count). The van der Waals surface area contributed by atoms with Gasteiger partial charge in [0.25, 0.3) is 0 Å². The minimum absolute atomic E-state index is 0.223. The van der Waals surface area contributed by atoms with Gasteiger partial charge in [0.1, 0.15) is 4.88 Å². The number of thiophene rings is 1. The fourth-order valence-electron chi connectivity index (χ4n) is 2.36. The monoisotopic (exact) mass is 351 g/mol. The van der Waals surface area contributed by atoms with Crippen LogP contribution in [0.4, 0.5) is 5.69 Å². The number of fused-ring (bicyclic) bond motifs is 3. The molecule has 0 fully saturated rings. The van der Waals surface area contributed by atoms with Gasteiger partial charge >= 0.3 is 5.97 Å². The summed E-state index contributed by atoms with van der Waals surface area (Å²) >= 11 is 5.12. The van der Waals surface area contributed by atoms with Gasteiger partial charge in [0.2, 0.25) is 0 Å². The van der Waals surface area contributed by atoms with E-state index >= 15 is 0 Å². The van der Waals surface area contributed by atoms with E-state index in [1.54, 1.807) is 0 Å². The summed E-state index contributed by atoms with van der Waals surface area (Å²) in [7, 11) is 0. The second kappa shape index (κ2) is 5.58. The molecule has 1 aromatic carbocycles. The van der Waals surface area contributed by atoms with E-state index in [1.807, 2.05) is 25.1 Å². The van der Waals surface area contributed by atoms with Crippen molar-refractivity contribution in [2.24, 2.45) is 0 Å². The van der Waals surface area contributed by atoms with Crippen molar-refractivity contribution >= 4 is 39.1 Å². The van der Waals surface area contributed by atoms with Gasteiger partial charge in [-0.1, -0.05) is 18.2 Å². The van der Waals surface area contributed by atoms with E-state index in [0.717, 1.165) is 24.2 Å². The Morgan fingerprint density at radius 2 is 2.25 bits per heavy atom. The minimum atomic E-state index is -0.223. The van der Waals surface area contributed by atoms with Crippen molar-refractivity contribution in [2.45, 2.75) is 13.3 Å². The van der Waals surface area contributed by atoms with E-state index in [4.69, 9.17) is 4.74 Å². The Morgan fingerprint density at radius 3 is 3.05 bits per heavy atom. The van der Waals surface area contributed by atoms with E-state index < -0.39 is 0 Å². The quantitative estimate of drug-likeness (QED) is 0.597. The first-order valence-electron chi connectivity index (χ1n) is 6.53. The molecular weight excluding hydrogens is 338 g/mol. The highest BCUT2D eigenvalue weighted by Gasteiger charge is 2.23. The number of anilines is 1. The molecule has 2 aromatic rings. The molecule has 2 heterocycles. The normalized spacial score (nSPS) is 13.4. The number of carbonyl (C=O) groups is 1. The zero-order valence-electron chi connectivity index (χ0n) is 11.1. The molecule has 0 atom stereocenters. The number of esters is 1. The molecule has 0 amide bonds. The molecule has 104 valence electrons.